The molecule has 5 rings (SSSR count). The van der Waals surface area contributed by atoms with Gasteiger partial charge >= 0.3 is 0 Å². The lowest BCUT2D eigenvalue weighted by atomic mass is 10.0. The Bertz CT molecular complexity index is 1340. The molecule has 168 valence electrons. The second-order valence-electron chi connectivity index (χ2n) is 8.26. The van der Waals surface area contributed by atoms with E-state index >= 15 is 0 Å². The quantitative estimate of drug-likeness (QED) is 0.318. The number of carbonyl (C=O) groups excluding carboxylic acids is 1. The molecule has 4 aromatic rings. The maximum Gasteiger partial charge on any atom is 0.279 e. The summed E-state index contributed by atoms with van der Waals surface area (Å²) >= 11 is 0. The van der Waals surface area contributed by atoms with Gasteiger partial charge in [-0.05, 0) is 48.8 Å². The van der Waals surface area contributed by atoms with E-state index < -0.39 is 4.92 Å². The van der Waals surface area contributed by atoms with Gasteiger partial charge < -0.3 is 4.74 Å². The number of hydrogen-bond acceptors (Lipinski definition) is 6. The molecule has 0 amide bonds. The van der Waals surface area contributed by atoms with Crippen molar-refractivity contribution in [3.63, 3.8) is 0 Å². The van der Waals surface area contributed by atoms with E-state index in [4.69, 9.17) is 4.74 Å². The number of nitrogens with zero attached hydrogens (tertiary/aromatic N) is 4. The fourth-order valence-electron chi connectivity index (χ4n) is 4.43. The van der Waals surface area contributed by atoms with E-state index in [2.05, 4.69) is 10.00 Å². The van der Waals surface area contributed by atoms with Crippen molar-refractivity contribution in [2.75, 3.05) is 26.2 Å². The highest BCUT2D eigenvalue weighted by atomic mass is 16.6. The zero-order valence-electron chi connectivity index (χ0n) is 18.1. The molecule has 33 heavy (non-hydrogen) atoms. The molecule has 0 radical (unpaired) electrons. The number of ether oxygens (including phenoxy) is 1. The van der Waals surface area contributed by atoms with Crippen LogP contribution in [-0.4, -0.2) is 51.8 Å². The molecule has 1 fully saturated rings. The number of fused-ring (bicyclic) bond motifs is 2. The van der Waals surface area contributed by atoms with E-state index in [0.29, 0.717) is 23.1 Å². The van der Waals surface area contributed by atoms with Crippen molar-refractivity contribution < 1.29 is 14.5 Å². The van der Waals surface area contributed by atoms with Crippen molar-refractivity contribution in [3.05, 3.63) is 76.3 Å². The average Bonchev–Trinajstić information content (AvgIpc) is 3.22. The second-order valence-corrected chi connectivity index (χ2v) is 8.26. The molecule has 8 nitrogen and oxygen atoms in total. The molecule has 0 N–H and O–H groups in total. The highest BCUT2D eigenvalue weighted by molar-refractivity contribution is 6.10. The van der Waals surface area contributed by atoms with Crippen molar-refractivity contribution in [3.8, 4) is 5.88 Å². The lowest BCUT2D eigenvalue weighted by Crippen LogP contribution is -2.33. The van der Waals surface area contributed by atoms with Gasteiger partial charge in [-0.2, -0.15) is 4.68 Å². The highest BCUT2D eigenvalue weighted by Crippen LogP contribution is 2.30. The maximum absolute atomic E-state index is 13.5. The summed E-state index contributed by atoms with van der Waals surface area (Å²) < 4.78 is 7.25. The van der Waals surface area contributed by atoms with E-state index in [1.165, 1.54) is 36.1 Å². The summed E-state index contributed by atoms with van der Waals surface area (Å²) in [6, 6.07) is 17.6. The molecule has 1 aliphatic rings. The third-order valence-electron chi connectivity index (χ3n) is 6.15. The first kappa shape index (κ1) is 21.1. The standard InChI is InChI=1S/C25H24N4O4/c30-25(21-10-6-8-18-7-2-3-9-20(18)21)28-23-12-11-19(29(31)32)17-22(23)24(26-28)33-16-15-27-13-4-1-5-14-27/h2-3,6-12,17H,1,4-5,13-16H2. The summed E-state index contributed by atoms with van der Waals surface area (Å²) in [6.45, 7) is 3.24. The topological polar surface area (TPSA) is 90.5 Å². The third-order valence-corrected chi connectivity index (χ3v) is 6.15. The van der Waals surface area contributed by atoms with E-state index in [1.54, 1.807) is 12.1 Å². The van der Waals surface area contributed by atoms with Crippen LogP contribution >= 0.6 is 0 Å². The maximum atomic E-state index is 13.5. The Morgan fingerprint density at radius 1 is 1.00 bits per heavy atom. The first-order valence-electron chi connectivity index (χ1n) is 11.2. The largest absolute Gasteiger partial charge is 0.475 e. The Hall–Kier alpha value is -3.78. The number of rotatable bonds is 6. The summed E-state index contributed by atoms with van der Waals surface area (Å²) in [4.78, 5) is 26.8. The normalized spacial score (nSPS) is 14.5. The Balaban J connectivity index is 1.51. The molecule has 1 aliphatic heterocycles. The summed E-state index contributed by atoms with van der Waals surface area (Å²) in [5, 5.41) is 18.0. The minimum absolute atomic E-state index is 0.0689. The van der Waals surface area contributed by atoms with Gasteiger partial charge in [-0.15, -0.1) is 5.10 Å². The minimum atomic E-state index is -0.458. The first-order chi connectivity index (χ1) is 16.1. The van der Waals surface area contributed by atoms with Crippen LogP contribution in [0.25, 0.3) is 21.7 Å². The van der Waals surface area contributed by atoms with Crippen LogP contribution in [0.4, 0.5) is 5.69 Å². The Morgan fingerprint density at radius 3 is 2.61 bits per heavy atom. The van der Waals surface area contributed by atoms with Crippen LogP contribution in [0.2, 0.25) is 0 Å². The van der Waals surface area contributed by atoms with Gasteiger partial charge in [-0.3, -0.25) is 19.8 Å². The molecule has 2 heterocycles. The number of carbonyl (C=O) groups is 1. The van der Waals surface area contributed by atoms with E-state index in [9.17, 15) is 14.9 Å². The molecule has 8 heteroatoms. The van der Waals surface area contributed by atoms with Crippen molar-refractivity contribution >= 4 is 33.3 Å². The average molecular weight is 444 g/mol. The van der Waals surface area contributed by atoms with Crippen molar-refractivity contribution in [1.82, 2.24) is 14.7 Å². The number of hydrogen-bond donors (Lipinski definition) is 0. The summed E-state index contributed by atoms with van der Waals surface area (Å²) in [6.07, 6.45) is 3.62. The Labute approximate surface area is 190 Å². The lowest BCUT2D eigenvalue weighted by molar-refractivity contribution is -0.384. The van der Waals surface area contributed by atoms with Crippen LogP contribution in [0.15, 0.2) is 60.7 Å². The van der Waals surface area contributed by atoms with Gasteiger partial charge in [-0.25, -0.2) is 0 Å². The molecule has 1 aromatic heterocycles. The zero-order chi connectivity index (χ0) is 22.8. The van der Waals surface area contributed by atoms with Gasteiger partial charge in [0, 0.05) is 24.2 Å². The molecule has 0 spiro atoms. The monoisotopic (exact) mass is 444 g/mol. The Kier molecular flexibility index (Phi) is 5.75. The number of aromatic nitrogens is 2. The fourth-order valence-corrected chi connectivity index (χ4v) is 4.43. The summed E-state index contributed by atoms with van der Waals surface area (Å²) in [7, 11) is 0. The van der Waals surface area contributed by atoms with E-state index in [0.717, 1.165) is 30.4 Å². The van der Waals surface area contributed by atoms with Gasteiger partial charge in [-0.1, -0.05) is 42.8 Å². The molecule has 0 aliphatic carbocycles. The highest BCUT2D eigenvalue weighted by Gasteiger charge is 2.22. The minimum Gasteiger partial charge on any atom is -0.475 e. The first-order valence-corrected chi connectivity index (χ1v) is 11.2. The van der Waals surface area contributed by atoms with Crippen LogP contribution in [0.1, 0.15) is 29.6 Å². The van der Waals surface area contributed by atoms with Crippen molar-refractivity contribution in [2.24, 2.45) is 0 Å². The summed E-state index contributed by atoms with van der Waals surface area (Å²) in [5.74, 6) is -0.0733. The second kappa shape index (κ2) is 8.99. The number of benzene rings is 3. The van der Waals surface area contributed by atoms with Crippen LogP contribution < -0.4 is 4.74 Å². The van der Waals surface area contributed by atoms with Gasteiger partial charge in [0.05, 0.1) is 15.8 Å². The molecule has 0 atom stereocenters. The van der Waals surface area contributed by atoms with Crippen molar-refractivity contribution in [1.29, 1.82) is 0 Å². The zero-order valence-corrected chi connectivity index (χ0v) is 18.1. The lowest BCUT2D eigenvalue weighted by Gasteiger charge is -2.25. The SMILES string of the molecule is O=C(c1cccc2ccccc12)n1nc(OCCN2CCCCC2)c2cc([N+](=O)[O-])ccc21. The van der Waals surface area contributed by atoms with Gasteiger partial charge in [0.15, 0.2) is 0 Å². The number of nitro benzene ring substituents is 1. The van der Waals surface area contributed by atoms with Crippen LogP contribution in [-0.2, 0) is 0 Å². The molecule has 3 aromatic carbocycles. The molecular formula is C25H24N4O4. The molecule has 0 unspecified atom stereocenters. The van der Waals surface area contributed by atoms with E-state index in [1.807, 2.05) is 36.4 Å². The predicted octanol–water partition coefficient (Wildman–Crippen LogP) is 4.65. The fraction of sp³-hybridized carbons (Fsp3) is 0.280. The van der Waals surface area contributed by atoms with Crippen LogP contribution in [0, 0.1) is 10.1 Å². The number of nitro groups is 1. The van der Waals surface area contributed by atoms with Crippen LogP contribution in [0.5, 0.6) is 5.88 Å². The molecule has 0 bridgehead atoms. The third kappa shape index (κ3) is 4.17. The number of non-ortho nitro benzene ring substituents is 1. The number of piperidine rings is 1. The predicted molar refractivity (Wildman–Crippen MR) is 126 cm³/mol. The smallest absolute Gasteiger partial charge is 0.279 e. The molecular weight excluding hydrogens is 420 g/mol. The van der Waals surface area contributed by atoms with Crippen LogP contribution in [0.3, 0.4) is 0 Å². The Morgan fingerprint density at radius 2 is 1.79 bits per heavy atom. The molecule has 0 saturated carbocycles. The van der Waals surface area contributed by atoms with Gasteiger partial charge in [0.1, 0.15) is 6.61 Å². The van der Waals surface area contributed by atoms with E-state index in [-0.39, 0.29) is 17.5 Å². The summed E-state index contributed by atoms with van der Waals surface area (Å²) in [5.41, 5.74) is 0.919. The molecule has 1 saturated heterocycles. The van der Waals surface area contributed by atoms with Gasteiger partial charge in [0.25, 0.3) is 11.6 Å². The number of likely N-dealkylation sites (tertiary alicyclic amines) is 1. The van der Waals surface area contributed by atoms with Gasteiger partial charge in [0.2, 0.25) is 5.88 Å². The van der Waals surface area contributed by atoms with Crippen molar-refractivity contribution in [2.45, 2.75) is 19.3 Å².